The first-order valence-electron chi connectivity index (χ1n) is 7.05. The van der Waals surface area contributed by atoms with Gasteiger partial charge < -0.3 is 14.6 Å². The van der Waals surface area contributed by atoms with E-state index in [2.05, 4.69) is 10.3 Å². The Morgan fingerprint density at radius 2 is 2.29 bits per heavy atom. The van der Waals surface area contributed by atoms with Crippen LogP contribution in [0.3, 0.4) is 0 Å². The van der Waals surface area contributed by atoms with Gasteiger partial charge in [0.05, 0.1) is 17.5 Å². The third-order valence-electron chi connectivity index (χ3n) is 3.27. The van der Waals surface area contributed by atoms with Gasteiger partial charge in [0.15, 0.2) is 0 Å². The Kier molecular flexibility index (Phi) is 5.07. The molecule has 0 fully saturated rings. The van der Waals surface area contributed by atoms with E-state index < -0.39 is 0 Å². The van der Waals surface area contributed by atoms with Crippen LogP contribution in [0.5, 0.6) is 5.75 Å². The van der Waals surface area contributed by atoms with Gasteiger partial charge in [0.25, 0.3) is 0 Å². The first-order valence-corrected chi connectivity index (χ1v) is 7.48. The number of para-hydroxylation sites is 1. The number of ether oxygens (including phenoxy) is 1. The van der Waals surface area contributed by atoms with Crippen LogP contribution in [0.4, 0.5) is 0 Å². The van der Waals surface area contributed by atoms with Crippen molar-refractivity contribution in [3.8, 4) is 5.75 Å². The van der Waals surface area contributed by atoms with Crippen LogP contribution < -0.4 is 10.1 Å². The second-order valence-electron chi connectivity index (χ2n) is 4.72. The number of aromatic nitrogens is 2. The van der Waals surface area contributed by atoms with Crippen LogP contribution in [-0.2, 0) is 11.3 Å². The number of carbonyl (C=O) groups excluding carboxylic acids is 1. The molecule has 0 aliphatic heterocycles. The highest BCUT2D eigenvalue weighted by atomic mass is 35.5. The predicted octanol–water partition coefficient (Wildman–Crippen LogP) is 2.87. The minimum absolute atomic E-state index is 0.00834. The maximum Gasteiger partial charge on any atom is 0.221 e. The summed E-state index contributed by atoms with van der Waals surface area (Å²) in [6.07, 6.45) is 0.386. The number of nitrogens with one attached hydrogen (secondary N) is 1. The fourth-order valence-electron chi connectivity index (χ4n) is 2.29. The van der Waals surface area contributed by atoms with E-state index in [1.165, 1.54) is 0 Å². The molecule has 0 bridgehead atoms. The van der Waals surface area contributed by atoms with Crippen molar-refractivity contribution in [2.45, 2.75) is 32.2 Å². The summed E-state index contributed by atoms with van der Waals surface area (Å²) < 4.78 is 7.61. The quantitative estimate of drug-likeness (QED) is 0.835. The molecule has 2 rings (SSSR count). The zero-order chi connectivity index (χ0) is 15.4. The van der Waals surface area contributed by atoms with Crippen LogP contribution in [0.25, 0.3) is 11.0 Å². The fraction of sp³-hybridized carbons (Fsp3) is 0.467. The van der Waals surface area contributed by atoms with Gasteiger partial charge >= 0.3 is 0 Å². The minimum Gasteiger partial charge on any atom is -0.492 e. The second kappa shape index (κ2) is 6.80. The summed E-state index contributed by atoms with van der Waals surface area (Å²) in [4.78, 5) is 16.1. The van der Waals surface area contributed by atoms with Crippen molar-refractivity contribution in [1.29, 1.82) is 0 Å². The van der Waals surface area contributed by atoms with Gasteiger partial charge in [-0.05, 0) is 26.0 Å². The molecule has 0 radical (unpaired) electrons. The van der Waals surface area contributed by atoms with Crippen LogP contribution in [0.2, 0.25) is 0 Å². The van der Waals surface area contributed by atoms with Crippen molar-refractivity contribution >= 4 is 28.5 Å². The highest BCUT2D eigenvalue weighted by Crippen LogP contribution is 2.30. The molecule has 0 aliphatic carbocycles. The highest BCUT2D eigenvalue weighted by molar-refractivity contribution is 6.20. The molecule has 0 saturated heterocycles. The van der Waals surface area contributed by atoms with Crippen LogP contribution in [0.1, 0.15) is 31.5 Å². The molecule has 1 unspecified atom stereocenters. The zero-order valence-corrected chi connectivity index (χ0v) is 13.3. The summed E-state index contributed by atoms with van der Waals surface area (Å²) in [5.41, 5.74) is 1.73. The Morgan fingerprint density at radius 1 is 1.52 bits per heavy atom. The van der Waals surface area contributed by atoms with Gasteiger partial charge in [-0.3, -0.25) is 4.79 Å². The van der Waals surface area contributed by atoms with E-state index >= 15 is 0 Å². The number of carbonyl (C=O) groups is 1. The fourth-order valence-corrected chi connectivity index (χ4v) is 2.45. The number of imidazole rings is 1. The lowest BCUT2D eigenvalue weighted by Crippen LogP contribution is -2.20. The number of fused-ring (bicyclic) bond motifs is 1. The van der Waals surface area contributed by atoms with E-state index in [4.69, 9.17) is 16.3 Å². The average Bonchev–Trinajstić information content (AvgIpc) is 2.85. The Balaban J connectivity index is 2.47. The van der Waals surface area contributed by atoms with E-state index in [1.807, 2.05) is 36.6 Å². The van der Waals surface area contributed by atoms with E-state index in [0.29, 0.717) is 19.6 Å². The summed E-state index contributed by atoms with van der Waals surface area (Å²) in [5.74, 6) is 1.49. The SMILES string of the molecule is CCOc1cccc2c1nc(C(C)Cl)n2CCC(=O)NC. The molecule has 1 amide bonds. The predicted molar refractivity (Wildman–Crippen MR) is 83.9 cm³/mol. The van der Waals surface area contributed by atoms with Gasteiger partial charge in [-0.1, -0.05) is 6.07 Å². The van der Waals surface area contributed by atoms with E-state index in [1.54, 1.807) is 7.05 Å². The number of hydrogen-bond donors (Lipinski definition) is 1. The van der Waals surface area contributed by atoms with E-state index in [9.17, 15) is 4.79 Å². The summed E-state index contributed by atoms with van der Waals surface area (Å²) >= 11 is 6.23. The van der Waals surface area contributed by atoms with Crippen molar-refractivity contribution < 1.29 is 9.53 Å². The van der Waals surface area contributed by atoms with Crippen molar-refractivity contribution in [1.82, 2.24) is 14.9 Å². The van der Waals surface area contributed by atoms with Gasteiger partial charge in [-0.15, -0.1) is 11.6 Å². The van der Waals surface area contributed by atoms with Gasteiger partial charge in [0, 0.05) is 20.0 Å². The molecule has 0 saturated carbocycles. The molecule has 114 valence electrons. The summed E-state index contributed by atoms with van der Waals surface area (Å²) in [6, 6.07) is 5.79. The van der Waals surface area contributed by atoms with Crippen molar-refractivity contribution in [2.75, 3.05) is 13.7 Å². The van der Waals surface area contributed by atoms with Crippen LogP contribution in [0, 0.1) is 0 Å². The minimum atomic E-state index is -0.239. The lowest BCUT2D eigenvalue weighted by molar-refractivity contribution is -0.120. The molecule has 1 aromatic carbocycles. The molecule has 1 atom stereocenters. The number of halogens is 1. The molecule has 2 aromatic rings. The topological polar surface area (TPSA) is 56.2 Å². The Morgan fingerprint density at radius 3 is 2.90 bits per heavy atom. The molecule has 1 aromatic heterocycles. The first kappa shape index (κ1) is 15.6. The molecule has 21 heavy (non-hydrogen) atoms. The molecule has 0 aliphatic rings. The van der Waals surface area contributed by atoms with Gasteiger partial charge in [-0.25, -0.2) is 4.98 Å². The summed E-state index contributed by atoms with van der Waals surface area (Å²) in [6.45, 7) is 4.93. The summed E-state index contributed by atoms with van der Waals surface area (Å²) in [5, 5.41) is 2.39. The monoisotopic (exact) mass is 309 g/mol. The average molecular weight is 310 g/mol. The maximum atomic E-state index is 11.5. The van der Waals surface area contributed by atoms with Crippen molar-refractivity contribution in [3.63, 3.8) is 0 Å². The summed E-state index contributed by atoms with van der Waals surface area (Å²) in [7, 11) is 1.63. The Hall–Kier alpha value is -1.75. The number of amides is 1. The van der Waals surface area contributed by atoms with Crippen molar-refractivity contribution in [3.05, 3.63) is 24.0 Å². The molecule has 6 heteroatoms. The molecular formula is C15H20ClN3O2. The Bertz CT molecular complexity index is 637. The first-order chi connectivity index (χ1) is 10.1. The smallest absolute Gasteiger partial charge is 0.221 e. The number of rotatable bonds is 6. The number of aryl methyl sites for hydroxylation is 1. The van der Waals surface area contributed by atoms with Gasteiger partial charge in [-0.2, -0.15) is 0 Å². The maximum absolute atomic E-state index is 11.5. The molecule has 0 spiro atoms. The van der Waals surface area contributed by atoms with Crippen LogP contribution >= 0.6 is 11.6 Å². The third kappa shape index (κ3) is 3.29. The second-order valence-corrected chi connectivity index (χ2v) is 5.37. The number of benzene rings is 1. The number of alkyl halides is 1. The lowest BCUT2D eigenvalue weighted by Gasteiger charge is -2.10. The largest absolute Gasteiger partial charge is 0.492 e. The van der Waals surface area contributed by atoms with Gasteiger partial charge in [0.2, 0.25) is 5.91 Å². The van der Waals surface area contributed by atoms with E-state index in [0.717, 1.165) is 22.6 Å². The van der Waals surface area contributed by atoms with E-state index in [-0.39, 0.29) is 11.3 Å². The standard InChI is InChI=1S/C15H20ClN3O2/c1-4-21-12-7-5-6-11-14(12)18-15(10(2)16)19(11)9-8-13(20)17-3/h5-7,10H,4,8-9H2,1-3H3,(H,17,20). The Labute approximate surface area is 129 Å². The third-order valence-corrected chi connectivity index (χ3v) is 3.46. The molecule has 1 N–H and O–H groups in total. The van der Waals surface area contributed by atoms with Crippen molar-refractivity contribution in [2.24, 2.45) is 0 Å². The molecule has 1 heterocycles. The lowest BCUT2D eigenvalue weighted by atomic mass is 10.3. The number of nitrogens with zero attached hydrogens (tertiary/aromatic N) is 2. The van der Waals surface area contributed by atoms with Crippen LogP contribution in [-0.4, -0.2) is 29.1 Å². The zero-order valence-electron chi connectivity index (χ0n) is 12.5. The molecular weight excluding hydrogens is 290 g/mol. The van der Waals surface area contributed by atoms with Gasteiger partial charge in [0.1, 0.15) is 17.1 Å². The van der Waals surface area contributed by atoms with Crippen LogP contribution in [0.15, 0.2) is 18.2 Å². The molecule has 5 nitrogen and oxygen atoms in total. The highest BCUT2D eigenvalue weighted by Gasteiger charge is 2.18. The number of hydrogen-bond acceptors (Lipinski definition) is 3. The normalized spacial score (nSPS) is 12.4.